The van der Waals surface area contributed by atoms with Gasteiger partial charge in [-0.05, 0) is 31.5 Å². The highest BCUT2D eigenvalue weighted by Crippen LogP contribution is 2.28. The van der Waals surface area contributed by atoms with E-state index in [9.17, 15) is 4.79 Å². The van der Waals surface area contributed by atoms with Crippen molar-refractivity contribution < 1.29 is 4.79 Å². The predicted octanol–water partition coefficient (Wildman–Crippen LogP) is 2.40. The van der Waals surface area contributed by atoms with Gasteiger partial charge in [-0.1, -0.05) is 6.07 Å². The van der Waals surface area contributed by atoms with Gasteiger partial charge in [-0.15, -0.1) is 12.6 Å². The van der Waals surface area contributed by atoms with Crippen LogP contribution in [-0.4, -0.2) is 11.6 Å². The first-order valence-electron chi connectivity index (χ1n) is 4.74. The topological polar surface area (TPSA) is 32.7 Å². The fourth-order valence-electron chi connectivity index (χ4n) is 1.56. The molecular weight excluding hydrogens is 208 g/mol. The van der Waals surface area contributed by atoms with E-state index in [1.165, 1.54) is 5.01 Å². The lowest BCUT2D eigenvalue weighted by molar-refractivity contribution is -0.116. The zero-order valence-corrected chi connectivity index (χ0v) is 9.58. The van der Waals surface area contributed by atoms with Crippen molar-refractivity contribution in [2.75, 3.05) is 5.01 Å². The molecule has 0 spiro atoms. The van der Waals surface area contributed by atoms with Crippen LogP contribution in [0.5, 0.6) is 0 Å². The van der Waals surface area contributed by atoms with Gasteiger partial charge >= 0.3 is 0 Å². The van der Waals surface area contributed by atoms with E-state index in [1.807, 2.05) is 32.0 Å². The zero-order chi connectivity index (χ0) is 11.0. The first-order valence-corrected chi connectivity index (χ1v) is 5.19. The summed E-state index contributed by atoms with van der Waals surface area (Å²) >= 11 is 4.35. The van der Waals surface area contributed by atoms with E-state index in [0.717, 1.165) is 21.9 Å². The van der Waals surface area contributed by atoms with Gasteiger partial charge in [0.25, 0.3) is 5.91 Å². The molecule has 1 aromatic carbocycles. The maximum absolute atomic E-state index is 11.6. The third kappa shape index (κ3) is 1.90. The first-order chi connectivity index (χ1) is 7.08. The van der Waals surface area contributed by atoms with Crippen molar-refractivity contribution in [1.82, 2.24) is 0 Å². The number of carbonyl (C=O) groups excluding carboxylic acids is 1. The Hall–Kier alpha value is -1.29. The first kappa shape index (κ1) is 10.2. The molecule has 0 unspecified atom stereocenters. The van der Waals surface area contributed by atoms with Crippen molar-refractivity contribution in [1.29, 1.82) is 0 Å². The molecule has 2 rings (SSSR count). The second-order valence-electron chi connectivity index (χ2n) is 3.71. The Bertz CT molecular complexity index is 454. The van der Waals surface area contributed by atoms with E-state index in [2.05, 4.69) is 17.7 Å². The molecule has 0 atom stereocenters. The molecule has 1 heterocycles. The van der Waals surface area contributed by atoms with Gasteiger partial charge in [-0.25, -0.2) is 0 Å². The van der Waals surface area contributed by atoms with Crippen molar-refractivity contribution in [3.63, 3.8) is 0 Å². The Kier molecular flexibility index (Phi) is 2.52. The summed E-state index contributed by atoms with van der Waals surface area (Å²) in [4.78, 5) is 12.4. The van der Waals surface area contributed by atoms with Gasteiger partial charge in [-0.2, -0.15) is 10.1 Å². The highest BCUT2D eigenvalue weighted by molar-refractivity contribution is 7.80. The number of benzene rings is 1. The number of rotatable bonds is 1. The summed E-state index contributed by atoms with van der Waals surface area (Å²) < 4.78 is 0. The number of anilines is 1. The van der Waals surface area contributed by atoms with Gasteiger partial charge in [0.2, 0.25) is 0 Å². The van der Waals surface area contributed by atoms with E-state index < -0.39 is 0 Å². The summed E-state index contributed by atoms with van der Waals surface area (Å²) in [5, 5.41) is 5.61. The van der Waals surface area contributed by atoms with Gasteiger partial charge in [0.05, 0.1) is 12.1 Å². The summed E-state index contributed by atoms with van der Waals surface area (Å²) in [5.41, 5.74) is 2.72. The molecule has 0 saturated heterocycles. The van der Waals surface area contributed by atoms with Crippen molar-refractivity contribution >= 4 is 29.9 Å². The summed E-state index contributed by atoms with van der Waals surface area (Å²) in [5.74, 6) is 0.00616. The Balaban J connectivity index is 2.42. The van der Waals surface area contributed by atoms with Crippen LogP contribution in [0.2, 0.25) is 0 Å². The van der Waals surface area contributed by atoms with Crippen LogP contribution >= 0.6 is 12.6 Å². The fraction of sp³-hybridized carbons (Fsp3) is 0.273. The Morgan fingerprint density at radius 2 is 2.13 bits per heavy atom. The van der Waals surface area contributed by atoms with E-state index >= 15 is 0 Å². The number of hydrogen-bond donors (Lipinski definition) is 1. The van der Waals surface area contributed by atoms with Crippen LogP contribution in [0.4, 0.5) is 5.69 Å². The molecule has 3 nitrogen and oxygen atoms in total. The lowest BCUT2D eigenvalue weighted by Crippen LogP contribution is -2.19. The van der Waals surface area contributed by atoms with E-state index in [4.69, 9.17) is 0 Å². The average molecular weight is 220 g/mol. The largest absolute Gasteiger partial charge is 0.272 e. The molecule has 4 heteroatoms. The number of aryl methyl sites for hydroxylation is 1. The maximum atomic E-state index is 11.6. The van der Waals surface area contributed by atoms with Gasteiger partial charge < -0.3 is 0 Å². The quantitative estimate of drug-likeness (QED) is 0.724. The zero-order valence-electron chi connectivity index (χ0n) is 8.69. The van der Waals surface area contributed by atoms with E-state index in [1.54, 1.807) is 0 Å². The summed E-state index contributed by atoms with van der Waals surface area (Å²) in [7, 11) is 0. The molecule has 1 aliphatic rings. The molecule has 78 valence electrons. The number of hydrazone groups is 1. The highest BCUT2D eigenvalue weighted by Gasteiger charge is 2.23. The second-order valence-corrected chi connectivity index (χ2v) is 4.19. The number of nitrogens with zero attached hydrogens (tertiary/aromatic N) is 2. The van der Waals surface area contributed by atoms with Crippen LogP contribution in [0.1, 0.15) is 18.9 Å². The SMILES string of the molecule is CC1=NN(c2ccc(C)cc2S)C(=O)C1. The monoisotopic (exact) mass is 220 g/mol. The smallest absolute Gasteiger partial charge is 0.253 e. The third-order valence-electron chi connectivity index (χ3n) is 2.27. The summed E-state index contributed by atoms with van der Waals surface area (Å²) in [6.07, 6.45) is 0.404. The van der Waals surface area contributed by atoms with Crippen molar-refractivity contribution in [2.24, 2.45) is 5.10 Å². The predicted molar refractivity (Wildman–Crippen MR) is 63.6 cm³/mol. The molecule has 15 heavy (non-hydrogen) atoms. The average Bonchev–Trinajstić information content (AvgIpc) is 2.45. The van der Waals surface area contributed by atoms with Gasteiger partial charge in [0.1, 0.15) is 0 Å². The Morgan fingerprint density at radius 3 is 2.67 bits per heavy atom. The lowest BCUT2D eigenvalue weighted by atomic mass is 10.2. The van der Waals surface area contributed by atoms with Crippen molar-refractivity contribution in [2.45, 2.75) is 25.2 Å². The molecule has 1 aliphatic heterocycles. The molecule has 0 radical (unpaired) electrons. The molecule has 0 fully saturated rings. The molecule has 1 amide bonds. The Morgan fingerprint density at radius 1 is 1.40 bits per heavy atom. The Labute approximate surface area is 94.2 Å². The molecular formula is C11H12N2OS. The molecule has 0 saturated carbocycles. The molecule has 0 bridgehead atoms. The van der Waals surface area contributed by atoms with Gasteiger partial charge in [0, 0.05) is 10.6 Å². The standard InChI is InChI=1S/C11H12N2OS/c1-7-3-4-9(10(15)5-7)13-11(14)6-8(2)12-13/h3-5,15H,6H2,1-2H3. The molecule has 1 aromatic rings. The highest BCUT2D eigenvalue weighted by atomic mass is 32.1. The maximum Gasteiger partial charge on any atom is 0.253 e. The van der Waals surface area contributed by atoms with Crippen LogP contribution in [0, 0.1) is 6.92 Å². The lowest BCUT2D eigenvalue weighted by Gasteiger charge is -2.14. The van der Waals surface area contributed by atoms with Crippen LogP contribution in [-0.2, 0) is 4.79 Å². The van der Waals surface area contributed by atoms with Crippen LogP contribution < -0.4 is 5.01 Å². The summed E-state index contributed by atoms with van der Waals surface area (Å²) in [6.45, 7) is 3.84. The van der Waals surface area contributed by atoms with E-state index in [0.29, 0.717) is 6.42 Å². The van der Waals surface area contributed by atoms with Crippen LogP contribution in [0.15, 0.2) is 28.2 Å². The second kappa shape index (κ2) is 3.70. The van der Waals surface area contributed by atoms with E-state index in [-0.39, 0.29) is 5.91 Å². The normalized spacial score (nSPS) is 15.8. The molecule has 0 aliphatic carbocycles. The van der Waals surface area contributed by atoms with Crippen LogP contribution in [0.25, 0.3) is 0 Å². The van der Waals surface area contributed by atoms with Gasteiger partial charge in [-0.3, -0.25) is 4.79 Å². The minimum Gasteiger partial charge on any atom is -0.272 e. The number of amides is 1. The fourth-order valence-corrected chi connectivity index (χ4v) is 1.93. The van der Waals surface area contributed by atoms with Crippen molar-refractivity contribution in [3.8, 4) is 0 Å². The molecule has 0 N–H and O–H groups in total. The van der Waals surface area contributed by atoms with Gasteiger partial charge in [0.15, 0.2) is 0 Å². The number of hydrogen-bond acceptors (Lipinski definition) is 3. The minimum atomic E-state index is 0.00616. The molecule has 0 aromatic heterocycles. The van der Waals surface area contributed by atoms with Crippen LogP contribution in [0.3, 0.4) is 0 Å². The van der Waals surface area contributed by atoms with Crippen molar-refractivity contribution in [3.05, 3.63) is 23.8 Å². The number of thiol groups is 1. The summed E-state index contributed by atoms with van der Waals surface area (Å²) in [6, 6.07) is 5.75. The minimum absolute atomic E-state index is 0.00616. The number of carbonyl (C=O) groups is 1. The third-order valence-corrected chi connectivity index (χ3v) is 2.63.